The predicted octanol–water partition coefficient (Wildman–Crippen LogP) is 1.91. The Hall–Kier alpha value is -3.44. The fourth-order valence-corrected chi connectivity index (χ4v) is 3.11. The van der Waals surface area contributed by atoms with Gasteiger partial charge in [-0.05, 0) is 36.4 Å². The highest BCUT2D eigenvalue weighted by Crippen LogP contribution is 2.25. The number of amides is 1. The molecule has 7 nitrogen and oxygen atoms in total. The molecule has 0 saturated carbocycles. The van der Waals surface area contributed by atoms with Crippen LogP contribution in [0.2, 0.25) is 0 Å². The lowest BCUT2D eigenvalue weighted by molar-refractivity contribution is 0.100. The molecule has 3 rings (SSSR count). The summed E-state index contributed by atoms with van der Waals surface area (Å²) in [5.74, 6) is -0.536. The van der Waals surface area contributed by atoms with Gasteiger partial charge in [0, 0.05) is 23.4 Å². The first kappa shape index (κ1) is 17.4. The van der Waals surface area contributed by atoms with Gasteiger partial charge in [-0.25, -0.2) is 13.1 Å². The number of benzene rings is 2. The highest BCUT2D eigenvalue weighted by molar-refractivity contribution is 7.90. The topological polar surface area (TPSA) is 119 Å². The Bertz CT molecular complexity index is 1120. The van der Waals surface area contributed by atoms with Gasteiger partial charge in [-0.2, -0.15) is 10.4 Å². The quantitative estimate of drug-likeness (QED) is 0.756. The third-order valence-electron chi connectivity index (χ3n) is 3.80. The second-order valence-corrected chi connectivity index (χ2v) is 7.66. The zero-order valence-electron chi connectivity index (χ0n) is 13.7. The summed E-state index contributed by atoms with van der Waals surface area (Å²) in [5.41, 5.74) is 7.78. The zero-order chi connectivity index (χ0) is 18.9. The summed E-state index contributed by atoms with van der Waals surface area (Å²) < 4.78 is 24.8. The van der Waals surface area contributed by atoms with Crippen molar-refractivity contribution in [3.05, 3.63) is 65.9 Å². The van der Waals surface area contributed by atoms with E-state index in [0.29, 0.717) is 22.5 Å². The number of hydrogen-bond acceptors (Lipinski definition) is 5. The molecule has 0 radical (unpaired) electrons. The molecular weight excluding hydrogens is 352 g/mol. The molecule has 130 valence electrons. The number of nitrogens with zero attached hydrogens (tertiary/aromatic N) is 3. The molecule has 1 amide bonds. The first-order valence-corrected chi connectivity index (χ1v) is 9.39. The van der Waals surface area contributed by atoms with Crippen LogP contribution in [-0.4, -0.2) is 30.4 Å². The Kier molecular flexibility index (Phi) is 4.32. The molecule has 2 aromatic carbocycles. The van der Waals surface area contributed by atoms with Crippen molar-refractivity contribution in [3.63, 3.8) is 0 Å². The summed E-state index contributed by atoms with van der Waals surface area (Å²) in [4.78, 5) is 11.4. The molecule has 1 heterocycles. The van der Waals surface area contributed by atoms with Gasteiger partial charge in [-0.15, -0.1) is 0 Å². The fraction of sp³-hybridized carbons (Fsp3) is 0.0556. The number of nitriles is 1. The maximum atomic E-state index is 11.6. The molecule has 0 saturated heterocycles. The van der Waals surface area contributed by atoms with Crippen molar-refractivity contribution in [3.8, 4) is 23.0 Å². The minimum Gasteiger partial charge on any atom is -0.366 e. The molecule has 0 aliphatic rings. The van der Waals surface area contributed by atoms with E-state index in [1.54, 1.807) is 47.1 Å². The molecule has 0 atom stereocenters. The molecule has 3 aromatic rings. The minimum atomic E-state index is -3.29. The third kappa shape index (κ3) is 3.34. The SMILES string of the molecule is CS(=O)(=O)c1ccc(-c2cc(C#N)nn2-c2ccc(C(N)=O)cc2)cc1. The van der Waals surface area contributed by atoms with Gasteiger partial charge in [0.05, 0.1) is 16.3 Å². The molecular formula is C18H14N4O3S. The summed E-state index contributed by atoms with van der Waals surface area (Å²) in [5, 5.41) is 13.4. The van der Waals surface area contributed by atoms with Crippen molar-refractivity contribution < 1.29 is 13.2 Å². The van der Waals surface area contributed by atoms with E-state index in [0.717, 1.165) is 6.26 Å². The molecule has 2 N–H and O–H groups in total. The van der Waals surface area contributed by atoms with Gasteiger partial charge in [0.25, 0.3) is 0 Å². The van der Waals surface area contributed by atoms with Crippen LogP contribution in [0.4, 0.5) is 0 Å². The number of sulfone groups is 1. The molecule has 0 spiro atoms. The van der Waals surface area contributed by atoms with E-state index < -0.39 is 15.7 Å². The molecule has 1 aromatic heterocycles. The van der Waals surface area contributed by atoms with Crippen molar-refractivity contribution in [2.45, 2.75) is 4.90 Å². The molecule has 0 unspecified atom stereocenters. The van der Waals surface area contributed by atoms with Crippen LogP contribution in [0.25, 0.3) is 16.9 Å². The summed E-state index contributed by atoms with van der Waals surface area (Å²) in [6, 6.07) is 16.4. The minimum absolute atomic E-state index is 0.207. The van der Waals surface area contributed by atoms with E-state index in [9.17, 15) is 18.5 Å². The number of carbonyl (C=O) groups excluding carboxylic acids is 1. The Morgan fingerprint density at radius 1 is 1.12 bits per heavy atom. The largest absolute Gasteiger partial charge is 0.366 e. The van der Waals surface area contributed by atoms with Crippen LogP contribution in [0.1, 0.15) is 16.1 Å². The first-order chi connectivity index (χ1) is 12.3. The van der Waals surface area contributed by atoms with Gasteiger partial charge in [-0.3, -0.25) is 4.79 Å². The normalized spacial score (nSPS) is 11.1. The van der Waals surface area contributed by atoms with Gasteiger partial charge in [0.1, 0.15) is 6.07 Å². The van der Waals surface area contributed by atoms with E-state index in [2.05, 4.69) is 5.10 Å². The number of carbonyl (C=O) groups is 1. The molecule has 0 aliphatic heterocycles. The van der Waals surface area contributed by atoms with Crippen molar-refractivity contribution in [1.29, 1.82) is 5.26 Å². The maximum absolute atomic E-state index is 11.6. The predicted molar refractivity (Wildman–Crippen MR) is 95.3 cm³/mol. The van der Waals surface area contributed by atoms with Crippen LogP contribution >= 0.6 is 0 Å². The van der Waals surface area contributed by atoms with Gasteiger partial charge in [0.2, 0.25) is 5.91 Å². The van der Waals surface area contributed by atoms with Crippen molar-refractivity contribution in [1.82, 2.24) is 9.78 Å². The van der Waals surface area contributed by atoms with Crippen LogP contribution < -0.4 is 5.73 Å². The summed E-state index contributed by atoms with van der Waals surface area (Å²) in [6.07, 6.45) is 1.14. The lowest BCUT2D eigenvalue weighted by Crippen LogP contribution is -2.10. The fourth-order valence-electron chi connectivity index (χ4n) is 2.48. The summed E-state index contributed by atoms with van der Waals surface area (Å²) in [7, 11) is -3.29. The zero-order valence-corrected chi connectivity index (χ0v) is 14.6. The lowest BCUT2D eigenvalue weighted by atomic mass is 10.1. The summed E-state index contributed by atoms with van der Waals surface area (Å²) >= 11 is 0. The standard InChI is InChI=1S/C18H14N4O3S/c1-26(24,25)16-8-4-12(5-9-16)17-10-14(11-19)21-22(17)15-6-2-13(3-7-15)18(20)23/h2-10H,1H3,(H2,20,23). The molecule has 0 aliphatic carbocycles. The molecule has 0 fully saturated rings. The molecule has 0 bridgehead atoms. The van der Waals surface area contributed by atoms with E-state index in [4.69, 9.17) is 5.73 Å². The number of primary amides is 1. The van der Waals surface area contributed by atoms with Crippen molar-refractivity contribution in [2.24, 2.45) is 5.73 Å². The van der Waals surface area contributed by atoms with Crippen LogP contribution in [0.5, 0.6) is 0 Å². The highest BCUT2D eigenvalue weighted by atomic mass is 32.2. The number of aromatic nitrogens is 2. The van der Waals surface area contributed by atoms with Crippen LogP contribution in [0, 0.1) is 11.3 Å². The van der Waals surface area contributed by atoms with E-state index in [-0.39, 0.29) is 10.6 Å². The van der Waals surface area contributed by atoms with Crippen LogP contribution in [0.3, 0.4) is 0 Å². The maximum Gasteiger partial charge on any atom is 0.248 e. The van der Waals surface area contributed by atoms with Crippen LogP contribution in [0.15, 0.2) is 59.5 Å². The van der Waals surface area contributed by atoms with Gasteiger partial charge in [-0.1, -0.05) is 12.1 Å². The highest BCUT2D eigenvalue weighted by Gasteiger charge is 2.14. The Balaban J connectivity index is 2.10. The van der Waals surface area contributed by atoms with E-state index in [1.165, 1.54) is 12.1 Å². The Morgan fingerprint density at radius 3 is 2.23 bits per heavy atom. The van der Waals surface area contributed by atoms with E-state index >= 15 is 0 Å². The molecule has 8 heteroatoms. The molecule has 26 heavy (non-hydrogen) atoms. The Labute approximate surface area is 150 Å². The third-order valence-corrected chi connectivity index (χ3v) is 4.93. The van der Waals surface area contributed by atoms with Crippen LogP contribution in [-0.2, 0) is 9.84 Å². The number of hydrogen-bond donors (Lipinski definition) is 1. The second-order valence-electron chi connectivity index (χ2n) is 5.65. The Morgan fingerprint density at radius 2 is 1.73 bits per heavy atom. The smallest absolute Gasteiger partial charge is 0.248 e. The monoisotopic (exact) mass is 366 g/mol. The number of rotatable bonds is 4. The van der Waals surface area contributed by atoms with Gasteiger partial charge < -0.3 is 5.73 Å². The average molecular weight is 366 g/mol. The summed E-state index contributed by atoms with van der Waals surface area (Å²) in [6.45, 7) is 0. The van der Waals surface area contributed by atoms with Gasteiger partial charge >= 0.3 is 0 Å². The van der Waals surface area contributed by atoms with Crippen molar-refractivity contribution in [2.75, 3.05) is 6.26 Å². The first-order valence-electron chi connectivity index (χ1n) is 7.50. The van der Waals surface area contributed by atoms with Crippen molar-refractivity contribution >= 4 is 15.7 Å². The van der Waals surface area contributed by atoms with Gasteiger partial charge in [0.15, 0.2) is 15.5 Å². The average Bonchev–Trinajstić information content (AvgIpc) is 3.05. The lowest BCUT2D eigenvalue weighted by Gasteiger charge is -2.08. The van der Waals surface area contributed by atoms with E-state index in [1.807, 2.05) is 6.07 Å². The second kappa shape index (κ2) is 6.46. The number of nitrogens with two attached hydrogens (primary N) is 1.